The molecule has 23 heavy (non-hydrogen) atoms. The Labute approximate surface area is 143 Å². The highest BCUT2D eigenvalue weighted by molar-refractivity contribution is 7.89. The number of nitrogens with zero attached hydrogens (tertiary/aromatic N) is 2. The number of carboxylic acids is 1. The van der Waals surface area contributed by atoms with Crippen molar-refractivity contribution >= 4 is 38.9 Å². The number of aromatic nitrogens is 1. The van der Waals surface area contributed by atoms with Crippen molar-refractivity contribution in [1.82, 2.24) is 9.29 Å². The monoisotopic (exact) mass is 374 g/mol. The van der Waals surface area contributed by atoms with Crippen molar-refractivity contribution in [2.75, 3.05) is 6.54 Å². The van der Waals surface area contributed by atoms with Crippen LogP contribution in [-0.2, 0) is 14.8 Å². The second-order valence-electron chi connectivity index (χ2n) is 5.04. The van der Waals surface area contributed by atoms with Gasteiger partial charge in [0.05, 0.1) is 0 Å². The van der Waals surface area contributed by atoms with Gasteiger partial charge in [0.1, 0.15) is 11.6 Å². The molecule has 0 atom stereocenters. The summed E-state index contributed by atoms with van der Waals surface area (Å²) in [4.78, 5) is 15.1. The van der Waals surface area contributed by atoms with Gasteiger partial charge in [0.2, 0.25) is 0 Å². The molecule has 0 saturated heterocycles. The Bertz CT molecular complexity index is 800. The van der Waals surface area contributed by atoms with Gasteiger partial charge in [-0.25, -0.2) is 13.4 Å². The van der Waals surface area contributed by atoms with Gasteiger partial charge >= 0.3 is 5.97 Å². The first kappa shape index (κ1) is 17.9. The van der Waals surface area contributed by atoms with Crippen LogP contribution in [0.15, 0.2) is 34.7 Å². The number of benzene rings is 1. The molecule has 2 rings (SSSR count). The van der Waals surface area contributed by atoms with Crippen LogP contribution in [-0.4, -0.2) is 41.4 Å². The van der Waals surface area contributed by atoms with E-state index in [0.717, 1.165) is 9.87 Å². The van der Waals surface area contributed by atoms with Gasteiger partial charge in [-0.2, -0.15) is 4.31 Å². The minimum atomic E-state index is -3.96. The average molecular weight is 375 g/mol. The number of hydrogen-bond acceptors (Lipinski definition) is 5. The first-order chi connectivity index (χ1) is 10.7. The third kappa shape index (κ3) is 4.08. The van der Waals surface area contributed by atoms with Crippen LogP contribution in [0.5, 0.6) is 0 Å². The van der Waals surface area contributed by atoms with Crippen molar-refractivity contribution in [1.29, 1.82) is 0 Å². The van der Waals surface area contributed by atoms with E-state index in [1.807, 2.05) is 0 Å². The molecule has 1 heterocycles. The van der Waals surface area contributed by atoms with E-state index in [2.05, 4.69) is 4.98 Å². The molecule has 0 bridgehead atoms. The van der Waals surface area contributed by atoms with Gasteiger partial charge < -0.3 is 5.11 Å². The maximum Gasteiger partial charge on any atom is 0.318 e. The molecule has 0 saturated carbocycles. The van der Waals surface area contributed by atoms with Gasteiger partial charge in [0.25, 0.3) is 10.0 Å². The maximum absolute atomic E-state index is 12.6. The molecule has 0 unspecified atom stereocenters. The number of hydrogen-bond donors (Lipinski definition) is 1. The van der Waals surface area contributed by atoms with Crippen LogP contribution in [0.4, 0.5) is 0 Å². The zero-order valence-corrected chi connectivity index (χ0v) is 14.8. The number of halogens is 1. The molecule has 0 aliphatic rings. The molecule has 0 fully saturated rings. The number of thiazole rings is 1. The lowest BCUT2D eigenvalue weighted by Gasteiger charge is -2.22. The number of carboxylic acid groups (broad SMARTS) is 1. The summed E-state index contributed by atoms with van der Waals surface area (Å²) in [6.07, 6.45) is 0. The van der Waals surface area contributed by atoms with Crippen LogP contribution < -0.4 is 0 Å². The molecule has 1 aromatic heterocycles. The quantitative estimate of drug-likeness (QED) is 0.839. The van der Waals surface area contributed by atoms with Gasteiger partial charge in [-0.3, -0.25) is 4.79 Å². The Morgan fingerprint density at radius 3 is 2.48 bits per heavy atom. The van der Waals surface area contributed by atoms with Crippen molar-refractivity contribution in [2.24, 2.45) is 0 Å². The van der Waals surface area contributed by atoms with Crippen molar-refractivity contribution in [3.63, 3.8) is 0 Å². The second kappa shape index (κ2) is 6.96. The zero-order chi connectivity index (χ0) is 17.2. The van der Waals surface area contributed by atoms with E-state index in [1.165, 1.54) is 16.7 Å². The van der Waals surface area contributed by atoms with Crippen molar-refractivity contribution in [3.05, 3.63) is 34.7 Å². The SMILES string of the molecule is CC(C)N(CC(=O)O)S(=O)(=O)c1csc(-c2ccc(Cl)cc2)n1. The largest absolute Gasteiger partial charge is 0.480 e. The highest BCUT2D eigenvalue weighted by Crippen LogP contribution is 2.28. The van der Waals surface area contributed by atoms with Crippen LogP contribution in [0.25, 0.3) is 10.6 Å². The summed E-state index contributed by atoms with van der Waals surface area (Å²) in [6.45, 7) is 2.63. The van der Waals surface area contributed by atoms with Crippen LogP contribution >= 0.6 is 22.9 Å². The summed E-state index contributed by atoms with van der Waals surface area (Å²) < 4.78 is 26.1. The lowest BCUT2D eigenvalue weighted by atomic mass is 10.2. The van der Waals surface area contributed by atoms with Gasteiger partial charge in [0, 0.05) is 22.0 Å². The normalized spacial score (nSPS) is 12.0. The fourth-order valence-electron chi connectivity index (χ4n) is 1.90. The summed E-state index contributed by atoms with van der Waals surface area (Å²) in [5.74, 6) is -1.21. The van der Waals surface area contributed by atoms with Crippen molar-refractivity contribution in [3.8, 4) is 10.6 Å². The third-order valence-electron chi connectivity index (χ3n) is 3.01. The predicted molar refractivity (Wildman–Crippen MR) is 89.2 cm³/mol. The van der Waals surface area contributed by atoms with Crippen LogP contribution in [0.2, 0.25) is 5.02 Å². The number of rotatable bonds is 6. The van der Waals surface area contributed by atoms with E-state index >= 15 is 0 Å². The standard InChI is InChI=1S/C14H15ClN2O4S2/c1-9(2)17(7-13(18)19)23(20,21)12-8-22-14(16-12)10-3-5-11(15)6-4-10/h3-6,8-9H,7H2,1-2H3,(H,18,19). The minimum absolute atomic E-state index is 0.151. The Balaban J connectivity index is 2.37. The summed E-state index contributed by atoms with van der Waals surface area (Å²) in [7, 11) is -3.96. The molecule has 0 aliphatic heterocycles. The molecule has 2 aromatic rings. The first-order valence-electron chi connectivity index (χ1n) is 6.67. The molecule has 1 aromatic carbocycles. The maximum atomic E-state index is 12.6. The fourth-order valence-corrected chi connectivity index (χ4v) is 4.69. The molecule has 0 spiro atoms. The van der Waals surface area contributed by atoms with E-state index in [9.17, 15) is 13.2 Å². The first-order valence-corrected chi connectivity index (χ1v) is 9.36. The molecule has 0 radical (unpaired) electrons. The summed E-state index contributed by atoms with van der Waals surface area (Å²) in [6, 6.07) is 6.38. The predicted octanol–water partition coefficient (Wildman–Crippen LogP) is 2.95. The second-order valence-corrected chi connectivity index (χ2v) is 8.17. The summed E-state index contributed by atoms with van der Waals surface area (Å²) >= 11 is 7.00. The van der Waals surface area contributed by atoms with Crippen LogP contribution in [0.1, 0.15) is 13.8 Å². The molecular weight excluding hydrogens is 360 g/mol. The summed E-state index contributed by atoms with van der Waals surface area (Å²) in [5, 5.41) is 11.3. The Hall–Kier alpha value is -1.48. The molecule has 0 amide bonds. The Kier molecular flexibility index (Phi) is 5.41. The molecule has 1 N–H and O–H groups in total. The van der Waals surface area contributed by atoms with Crippen LogP contribution in [0, 0.1) is 0 Å². The highest BCUT2D eigenvalue weighted by atomic mass is 35.5. The zero-order valence-electron chi connectivity index (χ0n) is 12.4. The topological polar surface area (TPSA) is 87.6 Å². The van der Waals surface area contributed by atoms with Crippen molar-refractivity contribution in [2.45, 2.75) is 24.9 Å². The Morgan fingerprint density at radius 1 is 1.35 bits per heavy atom. The van der Waals surface area contributed by atoms with Crippen LogP contribution in [0.3, 0.4) is 0 Å². The van der Waals surface area contributed by atoms with Gasteiger partial charge in [0.15, 0.2) is 5.03 Å². The molecule has 6 nitrogen and oxygen atoms in total. The van der Waals surface area contributed by atoms with Crippen molar-refractivity contribution < 1.29 is 18.3 Å². The highest BCUT2D eigenvalue weighted by Gasteiger charge is 2.31. The molecular formula is C14H15ClN2O4S2. The van der Waals surface area contributed by atoms with E-state index in [1.54, 1.807) is 38.1 Å². The molecule has 9 heteroatoms. The smallest absolute Gasteiger partial charge is 0.318 e. The van der Waals surface area contributed by atoms with Gasteiger partial charge in [-0.05, 0) is 26.0 Å². The van der Waals surface area contributed by atoms with E-state index < -0.39 is 28.6 Å². The third-order valence-corrected chi connectivity index (χ3v) is 6.21. The van der Waals surface area contributed by atoms with Gasteiger partial charge in [-0.15, -0.1) is 11.3 Å². The van der Waals surface area contributed by atoms with E-state index in [0.29, 0.717) is 10.0 Å². The average Bonchev–Trinajstić information content (AvgIpc) is 2.95. The fraction of sp³-hybridized carbons (Fsp3) is 0.286. The number of aliphatic carboxylic acids is 1. The number of carbonyl (C=O) groups is 1. The number of sulfonamides is 1. The lowest BCUT2D eigenvalue weighted by Crippen LogP contribution is -2.40. The van der Waals surface area contributed by atoms with Gasteiger partial charge in [-0.1, -0.05) is 23.7 Å². The Morgan fingerprint density at radius 2 is 1.96 bits per heavy atom. The summed E-state index contributed by atoms with van der Waals surface area (Å²) in [5.41, 5.74) is 0.746. The van der Waals surface area contributed by atoms with E-state index in [-0.39, 0.29) is 5.03 Å². The minimum Gasteiger partial charge on any atom is -0.480 e. The lowest BCUT2D eigenvalue weighted by molar-refractivity contribution is -0.137. The van der Waals surface area contributed by atoms with E-state index in [4.69, 9.17) is 16.7 Å². The molecule has 0 aliphatic carbocycles. The molecule has 124 valence electrons.